The summed E-state index contributed by atoms with van der Waals surface area (Å²) in [5.74, 6) is -0.287. The molecule has 0 aliphatic carbocycles. The van der Waals surface area contributed by atoms with Crippen molar-refractivity contribution in [3.63, 3.8) is 0 Å². The first-order valence-electron chi connectivity index (χ1n) is 8.34. The summed E-state index contributed by atoms with van der Waals surface area (Å²) < 4.78 is 42.3. The zero-order valence-corrected chi connectivity index (χ0v) is 15.5. The van der Waals surface area contributed by atoms with Crippen LogP contribution in [-0.2, 0) is 16.6 Å². The first-order chi connectivity index (χ1) is 12.8. The number of rotatable bonds is 3. The number of benzene rings is 2. The van der Waals surface area contributed by atoms with Crippen molar-refractivity contribution < 1.29 is 22.3 Å². The van der Waals surface area contributed by atoms with Crippen LogP contribution in [0.15, 0.2) is 47.4 Å². The van der Waals surface area contributed by atoms with Gasteiger partial charge in [-0.15, -0.1) is 0 Å². The van der Waals surface area contributed by atoms with Crippen molar-refractivity contribution in [3.05, 3.63) is 59.4 Å². The maximum atomic E-state index is 13.8. The first-order valence-corrected chi connectivity index (χ1v) is 9.89. The van der Waals surface area contributed by atoms with Crippen LogP contribution in [0.1, 0.15) is 24.1 Å². The molecule has 9 heteroatoms. The molecule has 2 aromatic rings. The summed E-state index contributed by atoms with van der Waals surface area (Å²) in [6.45, 7) is 2.42. The standard InChI is InChI=1S/C18H20FN3O4S/c1-12(13-4-2-6-15(10-13)27(20,24)25)21-18(23)22-8-9-26-17-14(11-22)5-3-7-16(17)19/h2-7,10,12H,8-9,11H2,1H3,(H,21,23)(H2,20,24,25). The van der Waals surface area contributed by atoms with Gasteiger partial charge in [0.1, 0.15) is 6.61 Å². The van der Waals surface area contributed by atoms with E-state index in [1.165, 1.54) is 23.1 Å². The highest BCUT2D eigenvalue weighted by Gasteiger charge is 2.23. The number of para-hydroxylation sites is 1. The lowest BCUT2D eigenvalue weighted by molar-refractivity contribution is 0.184. The van der Waals surface area contributed by atoms with E-state index in [9.17, 15) is 17.6 Å². The minimum atomic E-state index is -3.83. The molecule has 3 N–H and O–H groups in total. The van der Waals surface area contributed by atoms with Crippen LogP contribution in [0.2, 0.25) is 0 Å². The number of halogens is 1. The molecule has 0 bridgehead atoms. The van der Waals surface area contributed by atoms with E-state index in [0.29, 0.717) is 17.7 Å². The van der Waals surface area contributed by atoms with E-state index in [1.54, 1.807) is 31.2 Å². The van der Waals surface area contributed by atoms with Gasteiger partial charge in [-0.3, -0.25) is 0 Å². The van der Waals surface area contributed by atoms with Gasteiger partial charge in [0.15, 0.2) is 11.6 Å². The molecular formula is C18H20FN3O4S. The molecule has 3 rings (SSSR count). The molecule has 2 aromatic carbocycles. The molecule has 1 unspecified atom stereocenters. The fraction of sp³-hybridized carbons (Fsp3) is 0.278. The number of hydrogen-bond acceptors (Lipinski definition) is 4. The molecule has 2 amide bonds. The van der Waals surface area contributed by atoms with E-state index < -0.39 is 21.9 Å². The molecule has 0 aromatic heterocycles. The second-order valence-corrected chi connectivity index (χ2v) is 7.85. The number of fused-ring (bicyclic) bond motifs is 1. The van der Waals surface area contributed by atoms with Crippen LogP contribution in [-0.4, -0.2) is 32.5 Å². The van der Waals surface area contributed by atoms with Crippen LogP contribution < -0.4 is 15.2 Å². The number of ether oxygens (including phenoxy) is 1. The third kappa shape index (κ3) is 4.37. The van der Waals surface area contributed by atoms with Gasteiger partial charge in [0, 0.05) is 5.56 Å². The molecule has 1 heterocycles. The van der Waals surface area contributed by atoms with E-state index in [0.717, 1.165) is 0 Å². The zero-order valence-electron chi connectivity index (χ0n) is 14.7. The van der Waals surface area contributed by atoms with Crippen LogP contribution in [0.3, 0.4) is 0 Å². The number of urea groups is 1. The highest BCUT2D eigenvalue weighted by Crippen LogP contribution is 2.26. The number of primary sulfonamides is 1. The average Bonchev–Trinajstić information content (AvgIpc) is 2.84. The van der Waals surface area contributed by atoms with E-state index in [-0.39, 0.29) is 29.8 Å². The molecule has 144 valence electrons. The molecule has 1 atom stereocenters. The van der Waals surface area contributed by atoms with Crippen molar-refractivity contribution >= 4 is 16.1 Å². The third-order valence-electron chi connectivity index (χ3n) is 4.33. The molecule has 1 aliphatic heterocycles. The predicted octanol–water partition coefficient (Wildman–Crippen LogP) is 2.14. The Morgan fingerprint density at radius 1 is 1.30 bits per heavy atom. The smallest absolute Gasteiger partial charge is 0.318 e. The van der Waals surface area contributed by atoms with E-state index in [4.69, 9.17) is 9.88 Å². The topological polar surface area (TPSA) is 102 Å². The highest BCUT2D eigenvalue weighted by molar-refractivity contribution is 7.89. The van der Waals surface area contributed by atoms with Gasteiger partial charge < -0.3 is 15.0 Å². The number of carbonyl (C=O) groups excluding carboxylic acids is 1. The molecule has 0 fully saturated rings. The number of carbonyl (C=O) groups is 1. The summed E-state index contributed by atoms with van der Waals surface area (Å²) in [5.41, 5.74) is 1.19. The van der Waals surface area contributed by atoms with Crippen molar-refractivity contribution in [2.24, 2.45) is 5.14 Å². The monoisotopic (exact) mass is 393 g/mol. The second kappa shape index (κ2) is 7.53. The summed E-state index contributed by atoms with van der Waals surface area (Å²) in [6, 6.07) is 9.88. The van der Waals surface area contributed by atoms with E-state index in [1.807, 2.05) is 0 Å². The van der Waals surface area contributed by atoms with Crippen LogP contribution >= 0.6 is 0 Å². The summed E-state index contributed by atoms with van der Waals surface area (Å²) in [7, 11) is -3.83. The first kappa shape index (κ1) is 19.1. The second-order valence-electron chi connectivity index (χ2n) is 6.29. The summed E-state index contributed by atoms with van der Waals surface area (Å²) in [6.07, 6.45) is 0. The van der Waals surface area contributed by atoms with Gasteiger partial charge in [0.25, 0.3) is 0 Å². The Morgan fingerprint density at radius 3 is 2.78 bits per heavy atom. The fourth-order valence-corrected chi connectivity index (χ4v) is 3.44. The average molecular weight is 393 g/mol. The number of nitrogens with zero attached hydrogens (tertiary/aromatic N) is 1. The van der Waals surface area contributed by atoms with Crippen LogP contribution in [0.25, 0.3) is 0 Å². The van der Waals surface area contributed by atoms with Crippen molar-refractivity contribution in [3.8, 4) is 5.75 Å². The lowest BCUT2D eigenvalue weighted by Gasteiger charge is -2.23. The Hall–Kier alpha value is -2.65. The minimum Gasteiger partial charge on any atom is -0.488 e. The van der Waals surface area contributed by atoms with Gasteiger partial charge in [-0.05, 0) is 30.7 Å². The quantitative estimate of drug-likeness (QED) is 0.834. The van der Waals surface area contributed by atoms with Gasteiger partial charge in [-0.25, -0.2) is 22.7 Å². The van der Waals surface area contributed by atoms with Gasteiger partial charge in [-0.2, -0.15) is 0 Å². The Kier molecular flexibility index (Phi) is 5.33. The van der Waals surface area contributed by atoms with E-state index >= 15 is 0 Å². The van der Waals surface area contributed by atoms with Crippen molar-refractivity contribution in [2.75, 3.05) is 13.2 Å². The number of nitrogens with one attached hydrogen (secondary N) is 1. The van der Waals surface area contributed by atoms with Gasteiger partial charge in [-0.1, -0.05) is 24.3 Å². The van der Waals surface area contributed by atoms with Crippen molar-refractivity contribution in [2.45, 2.75) is 24.4 Å². The maximum absolute atomic E-state index is 13.8. The molecule has 7 nitrogen and oxygen atoms in total. The fourth-order valence-electron chi connectivity index (χ4n) is 2.88. The molecule has 1 aliphatic rings. The predicted molar refractivity (Wildman–Crippen MR) is 97.1 cm³/mol. The molecule has 0 saturated carbocycles. The molecule has 27 heavy (non-hydrogen) atoms. The summed E-state index contributed by atoms with van der Waals surface area (Å²) >= 11 is 0. The van der Waals surface area contributed by atoms with Gasteiger partial charge >= 0.3 is 6.03 Å². The number of amides is 2. The zero-order chi connectivity index (χ0) is 19.6. The largest absolute Gasteiger partial charge is 0.488 e. The number of nitrogens with two attached hydrogens (primary N) is 1. The van der Waals surface area contributed by atoms with Crippen molar-refractivity contribution in [1.82, 2.24) is 10.2 Å². The van der Waals surface area contributed by atoms with Crippen LogP contribution in [0, 0.1) is 5.82 Å². The van der Waals surface area contributed by atoms with Crippen molar-refractivity contribution in [1.29, 1.82) is 0 Å². The summed E-state index contributed by atoms with van der Waals surface area (Å²) in [4.78, 5) is 14.1. The minimum absolute atomic E-state index is 0.0197. The number of sulfonamides is 1. The lowest BCUT2D eigenvalue weighted by atomic mass is 10.1. The Bertz CT molecular complexity index is 965. The number of hydrogen-bond donors (Lipinski definition) is 2. The summed E-state index contributed by atoms with van der Waals surface area (Å²) in [5, 5.41) is 7.97. The Balaban J connectivity index is 1.73. The van der Waals surface area contributed by atoms with Gasteiger partial charge in [0.2, 0.25) is 10.0 Å². The molecule has 0 spiro atoms. The van der Waals surface area contributed by atoms with Crippen LogP contribution in [0.5, 0.6) is 5.75 Å². The molecular weight excluding hydrogens is 373 g/mol. The van der Waals surface area contributed by atoms with E-state index in [2.05, 4.69) is 5.32 Å². The highest BCUT2D eigenvalue weighted by atomic mass is 32.2. The van der Waals surface area contributed by atoms with Crippen LogP contribution in [0.4, 0.5) is 9.18 Å². The molecule has 0 saturated heterocycles. The Labute approximate surface area is 157 Å². The molecule has 0 radical (unpaired) electrons. The SMILES string of the molecule is CC(NC(=O)N1CCOc2c(F)cccc2C1)c1cccc(S(N)(=O)=O)c1. The lowest BCUT2D eigenvalue weighted by Crippen LogP contribution is -2.41. The van der Waals surface area contributed by atoms with Gasteiger partial charge in [0.05, 0.1) is 24.0 Å². The third-order valence-corrected chi connectivity index (χ3v) is 5.24. The maximum Gasteiger partial charge on any atom is 0.318 e. The Morgan fingerprint density at radius 2 is 2.04 bits per heavy atom. The normalized spacial score (nSPS) is 15.3.